The third-order valence-corrected chi connectivity index (χ3v) is 3.23. The van der Waals surface area contributed by atoms with Crippen molar-refractivity contribution >= 4 is 11.8 Å². The molecule has 1 aliphatic carbocycles. The number of nitrogens with one attached hydrogen (secondary N) is 2. The summed E-state index contributed by atoms with van der Waals surface area (Å²) in [5.74, 6) is -0.506. The van der Waals surface area contributed by atoms with Crippen LogP contribution < -0.4 is 10.6 Å². The van der Waals surface area contributed by atoms with Crippen molar-refractivity contribution in [3.8, 4) is 0 Å². The molecule has 0 bridgehead atoms. The van der Waals surface area contributed by atoms with Crippen molar-refractivity contribution in [1.29, 1.82) is 0 Å². The number of nitrogens with zero attached hydrogens (tertiary/aromatic N) is 2. The number of rotatable bonds is 6. The van der Waals surface area contributed by atoms with Crippen LogP contribution in [-0.2, 0) is 17.8 Å². The quantitative estimate of drug-likeness (QED) is 0.823. The van der Waals surface area contributed by atoms with E-state index in [2.05, 4.69) is 20.8 Å². The number of hydrogen-bond donors (Lipinski definition) is 2. The third-order valence-electron chi connectivity index (χ3n) is 3.23. The fraction of sp³-hybridized carbons (Fsp3) is 0.333. The van der Waals surface area contributed by atoms with Gasteiger partial charge in [-0.15, -0.1) is 0 Å². The van der Waals surface area contributed by atoms with E-state index in [4.69, 9.17) is 4.52 Å². The molecule has 0 aliphatic heterocycles. The van der Waals surface area contributed by atoms with E-state index in [1.807, 2.05) is 30.3 Å². The lowest BCUT2D eigenvalue weighted by Crippen LogP contribution is -2.26. The molecule has 114 valence electrons. The Morgan fingerprint density at radius 2 is 2.00 bits per heavy atom. The van der Waals surface area contributed by atoms with Crippen molar-refractivity contribution in [2.24, 2.45) is 0 Å². The van der Waals surface area contributed by atoms with E-state index in [-0.39, 0.29) is 36.0 Å². The summed E-state index contributed by atoms with van der Waals surface area (Å²) in [7, 11) is 0. The Morgan fingerprint density at radius 3 is 2.73 bits per heavy atom. The molecule has 0 saturated heterocycles. The first-order valence-electron chi connectivity index (χ1n) is 7.15. The minimum atomic E-state index is -0.383. The average molecular weight is 300 g/mol. The van der Waals surface area contributed by atoms with Crippen molar-refractivity contribution in [2.45, 2.75) is 31.8 Å². The Morgan fingerprint density at radius 1 is 1.23 bits per heavy atom. The number of amides is 2. The van der Waals surface area contributed by atoms with Crippen LogP contribution in [0.15, 0.2) is 34.9 Å². The molecule has 1 saturated carbocycles. The predicted octanol–water partition coefficient (Wildman–Crippen LogP) is 0.821. The van der Waals surface area contributed by atoms with Crippen LogP contribution in [0.25, 0.3) is 0 Å². The van der Waals surface area contributed by atoms with Crippen LogP contribution in [0.1, 0.15) is 34.9 Å². The molecule has 2 amide bonds. The van der Waals surface area contributed by atoms with Gasteiger partial charge in [-0.1, -0.05) is 35.5 Å². The van der Waals surface area contributed by atoms with E-state index in [1.165, 1.54) is 0 Å². The van der Waals surface area contributed by atoms with Gasteiger partial charge in [0.05, 0.1) is 6.42 Å². The minimum Gasteiger partial charge on any atom is -0.352 e. The van der Waals surface area contributed by atoms with E-state index in [0.717, 1.165) is 18.4 Å². The summed E-state index contributed by atoms with van der Waals surface area (Å²) in [4.78, 5) is 27.5. The zero-order valence-electron chi connectivity index (χ0n) is 11.9. The van der Waals surface area contributed by atoms with E-state index in [1.54, 1.807) is 0 Å². The molecule has 0 spiro atoms. The van der Waals surface area contributed by atoms with Gasteiger partial charge in [0.2, 0.25) is 5.91 Å². The van der Waals surface area contributed by atoms with E-state index >= 15 is 0 Å². The molecule has 0 atom stereocenters. The Labute approximate surface area is 127 Å². The largest absolute Gasteiger partial charge is 0.352 e. The molecule has 3 rings (SSSR count). The summed E-state index contributed by atoms with van der Waals surface area (Å²) < 4.78 is 4.87. The maximum Gasteiger partial charge on any atom is 0.315 e. The Kier molecular flexibility index (Phi) is 4.13. The lowest BCUT2D eigenvalue weighted by atomic mass is 10.2. The molecule has 0 radical (unpaired) electrons. The van der Waals surface area contributed by atoms with Gasteiger partial charge in [-0.25, -0.2) is 0 Å². The van der Waals surface area contributed by atoms with Gasteiger partial charge < -0.3 is 15.2 Å². The van der Waals surface area contributed by atoms with Crippen LogP contribution in [0.5, 0.6) is 0 Å². The molecule has 7 nitrogen and oxygen atoms in total. The molecule has 0 unspecified atom stereocenters. The van der Waals surface area contributed by atoms with E-state index < -0.39 is 0 Å². The van der Waals surface area contributed by atoms with Crippen molar-refractivity contribution in [1.82, 2.24) is 20.8 Å². The topological polar surface area (TPSA) is 97.1 Å². The number of benzene rings is 1. The lowest BCUT2D eigenvalue weighted by molar-refractivity contribution is -0.120. The molecular formula is C15H16N4O3. The molecule has 1 aromatic carbocycles. The summed E-state index contributed by atoms with van der Waals surface area (Å²) in [5, 5.41) is 9.17. The summed E-state index contributed by atoms with van der Waals surface area (Å²) in [5.41, 5.74) is 1.01. The van der Waals surface area contributed by atoms with Gasteiger partial charge in [0.1, 0.15) is 0 Å². The average Bonchev–Trinajstić information content (AvgIpc) is 3.22. The Bertz CT molecular complexity index is 664. The fourth-order valence-electron chi connectivity index (χ4n) is 1.90. The first-order chi connectivity index (χ1) is 10.7. The molecule has 2 N–H and O–H groups in total. The van der Waals surface area contributed by atoms with Crippen LogP contribution in [-0.4, -0.2) is 28.0 Å². The van der Waals surface area contributed by atoms with Gasteiger partial charge >= 0.3 is 11.8 Å². The number of aromatic nitrogens is 2. The summed E-state index contributed by atoms with van der Waals surface area (Å²) in [6.07, 6.45) is 1.94. The highest BCUT2D eigenvalue weighted by Crippen LogP contribution is 2.19. The molecule has 1 aromatic heterocycles. The van der Waals surface area contributed by atoms with Crippen LogP contribution in [0, 0.1) is 0 Å². The molecule has 22 heavy (non-hydrogen) atoms. The van der Waals surface area contributed by atoms with Gasteiger partial charge in [-0.2, -0.15) is 4.98 Å². The second-order valence-electron chi connectivity index (χ2n) is 5.20. The predicted molar refractivity (Wildman–Crippen MR) is 76.8 cm³/mol. The summed E-state index contributed by atoms with van der Waals surface area (Å²) >= 11 is 0. The van der Waals surface area contributed by atoms with E-state index in [0.29, 0.717) is 6.54 Å². The highest BCUT2D eigenvalue weighted by atomic mass is 16.5. The first kappa shape index (κ1) is 14.2. The zero-order chi connectivity index (χ0) is 15.4. The summed E-state index contributed by atoms with van der Waals surface area (Å²) in [6.45, 7) is 0.437. The van der Waals surface area contributed by atoms with Gasteiger partial charge in [0.15, 0.2) is 5.82 Å². The number of carbonyl (C=O) groups is 2. The highest BCUT2D eigenvalue weighted by Gasteiger charge is 2.26. The molecule has 1 heterocycles. The zero-order valence-corrected chi connectivity index (χ0v) is 11.9. The van der Waals surface area contributed by atoms with Crippen LogP contribution in [0.3, 0.4) is 0 Å². The Balaban J connectivity index is 1.49. The lowest BCUT2D eigenvalue weighted by Gasteiger charge is -2.03. The van der Waals surface area contributed by atoms with Crippen molar-refractivity contribution in [3.05, 3.63) is 47.6 Å². The maximum atomic E-state index is 11.8. The molecule has 7 heteroatoms. The highest BCUT2D eigenvalue weighted by molar-refractivity contribution is 5.90. The van der Waals surface area contributed by atoms with Gasteiger partial charge in [0.25, 0.3) is 0 Å². The van der Waals surface area contributed by atoms with Gasteiger partial charge in [0, 0.05) is 12.6 Å². The smallest absolute Gasteiger partial charge is 0.315 e. The molecule has 1 fully saturated rings. The van der Waals surface area contributed by atoms with Gasteiger partial charge in [-0.3, -0.25) is 9.59 Å². The maximum absolute atomic E-state index is 11.8. The third kappa shape index (κ3) is 3.91. The van der Waals surface area contributed by atoms with Crippen LogP contribution in [0.4, 0.5) is 0 Å². The number of hydrogen-bond acceptors (Lipinski definition) is 5. The van der Waals surface area contributed by atoms with Crippen molar-refractivity contribution in [2.75, 3.05) is 0 Å². The van der Waals surface area contributed by atoms with E-state index in [9.17, 15) is 9.59 Å². The monoisotopic (exact) mass is 300 g/mol. The number of carbonyl (C=O) groups excluding carboxylic acids is 2. The fourth-order valence-corrected chi connectivity index (χ4v) is 1.90. The molecule has 1 aliphatic rings. The van der Waals surface area contributed by atoms with Crippen molar-refractivity contribution < 1.29 is 14.1 Å². The molecule has 2 aromatic rings. The first-order valence-corrected chi connectivity index (χ1v) is 7.15. The Hall–Kier alpha value is -2.70. The van der Waals surface area contributed by atoms with Crippen LogP contribution in [0.2, 0.25) is 0 Å². The van der Waals surface area contributed by atoms with Crippen molar-refractivity contribution in [3.63, 3.8) is 0 Å². The summed E-state index contributed by atoms with van der Waals surface area (Å²) in [6, 6.07) is 9.80. The van der Waals surface area contributed by atoms with Crippen LogP contribution >= 0.6 is 0 Å². The minimum absolute atomic E-state index is 0.0208. The standard InChI is InChI=1S/C15H16N4O3/c20-13(16-9-10-4-2-1-3-5-10)8-12-18-15(22-19-12)14(21)17-11-6-7-11/h1-5,11H,6-9H2,(H,16,20)(H,17,21). The normalized spacial score (nSPS) is 13.6. The SMILES string of the molecule is O=C(Cc1noc(C(=O)NC2CC2)n1)NCc1ccccc1. The second kappa shape index (κ2) is 6.38. The molecular weight excluding hydrogens is 284 g/mol. The second-order valence-corrected chi connectivity index (χ2v) is 5.20. The van der Waals surface area contributed by atoms with Gasteiger partial charge in [-0.05, 0) is 18.4 Å².